The van der Waals surface area contributed by atoms with E-state index in [4.69, 9.17) is 10.00 Å². The maximum atomic E-state index is 12.6. The fourth-order valence-corrected chi connectivity index (χ4v) is 4.73. The van der Waals surface area contributed by atoms with Gasteiger partial charge in [-0.1, -0.05) is 20.8 Å². The van der Waals surface area contributed by atoms with Gasteiger partial charge in [0.15, 0.2) is 6.61 Å². The monoisotopic (exact) mass is 340 g/mol. The summed E-state index contributed by atoms with van der Waals surface area (Å²) in [5, 5.41) is 8.78. The van der Waals surface area contributed by atoms with Crippen LogP contribution in [0.15, 0.2) is 24.3 Å². The topological polar surface area (TPSA) is 70.4 Å². The van der Waals surface area contributed by atoms with Crippen LogP contribution in [0.5, 0.6) is 0 Å². The van der Waals surface area contributed by atoms with Gasteiger partial charge in [-0.3, -0.25) is 4.79 Å². The molecule has 1 amide bonds. The van der Waals surface area contributed by atoms with Crippen molar-refractivity contribution in [1.82, 2.24) is 4.90 Å². The molecule has 0 radical (unpaired) electrons. The molecule has 0 unspecified atom stereocenters. The Kier molecular flexibility index (Phi) is 4.32. The second-order valence-electron chi connectivity index (χ2n) is 8.50. The first-order valence-corrected chi connectivity index (χ1v) is 8.68. The number of amides is 1. The Morgan fingerprint density at radius 1 is 1.24 bits per heavy atom. The number of esters is 1. The lowest BCUT2D eigenvalue weighted by Crippen LogP contribution is -2.39. The Morgan fingerprint density at radius 2 is 1.92 bits per heavy atom. The van der Waals surface area contributed by atoms with Crippen molar-refractivity contribution >= 4 is 11.9 Å². The SMILES string of the molecule is CC1(C)C[C@H]2C[C@](C)(CN2C(=O)COC(=O)c2ccc(C#N)cc2)C1. The Bertz CT molecular complexity index is 732. The number of benzene rings is 1. The Morgan fingerprint density at radius 3 is 2.56 bits per heavy atom. The quantitative estimate of drug-likeness (QED) is 0.793. The van der Waals surface area contributed by atoms with Gasteiger partial charge >= 0.3 is 5.97 Å². The largest absolute Gasteiger partial charge is 0.452 e. The van der Waals surface area contributed by atoms with Gasteiger partial charge in [-0.25, -0.2) is 4.79 Å². The second-order valence-corrected chi connectivity index (χ2v) is 8.50. The minimum atomic E-state index is -0.536. The minimum Gasteiger partial charge on any atom is -0.452 e. The first kappa shape index (κ1) is 17.5. The van der Waals surface area contributed by atoms with Gasteiger partial charge in [-0.15, -0.1) is 0 Å². The van der Waals surface area contributed by atoms with Gasteiger partial charge in [0.25, 0.3) is 5.91 Å². The van der Waals surface area contributed by atoms with Crippen molar-refractivity contribution in [3.63, 3.8) is 0 Å². The highest BCUT2D eigenvalue weighted by Crippen LogP contribution is 2.52. The number of likely N-dealkylation sites (tertiary alicyclic amines) is 1. The number of carbonyl (C=O) groups excluding carboxylic acids is 2. The lowest BCUT2D eigenvalue weighted by molar-refractivity contribution is -0.135. The molecule has 132 valence electrons. The third-order valence-electron chi connectivity index (χ3n) is 5.31. The summed E-state index contributed by atoms with van der Waals surface area (Å²) >= 11 is 0. The van der Waals surface area contributed by atoms with Gasteiger partial charge < -0.3 is 9.64 Å². The minimum absolute atomic E-state index is 0.117. The van der Waals surface area contributed by atoms with Crippen molar-refractivity contribution in [2.45, 2.75) is 46.1 Å². The average Bonchev–Trinajstić information content (AvgIpc) is 2.81. The number of fused-ring (bicyclic) bond motifs is 2. The molecule has 1 aliphatic carbocycles. The Balaban J connectivity index is 1.59. The van der Waals surface area contributed by atoms with E-state index in [1.165, 1.54) is 12.1 Å². The van der Waals surface area contributed by atoms with Crippen molar-refractivity contribution in [3.05, 3.63) is 35.4 Å². The van der Waals surface area contributed by atoms with Crippen LogP contribution in [0, 0.1) is 22.2 Å². The van der Waals surface area contributed by atoms with Crippen LogP contribution in [0.25, 0.3) is 0 Å². The summed E-state index contributed by atoms with van der Waals surface area (Å²) in [5.41, 5.74) is 1.23. The molecule has 5 heteroatoms. The summed E-state index contributed by atoms with van der Waals surface area (Å²) in [5.74, 6) is -0.653. The molecule has 1 aromatic rings. The van der Waals surface area contributed by atoms with Crippen molar-refractivity contribution in [3.8, 4) is 6.07 Å². The van der Waals surface area contributed by atoms with Crippen molar-refractivity contribution in [2.24, 2.45) is 10.8 Å². The van der Waals surface area contributed by atoms with Crippen molar-refractivity contribution < 1.29 is 14.3 Å². The van der Waals surface area contributed by atoms with Crippen molar-refractivity contribution in [2.75, 3.05) is 13.2 Å². The third kappa shape index (κ3) is 3.68. The zero-order valence-electron chi connectivity index (χ0n) is 15.0. The number of rotatable bonds is 3. The average molecular weight is 340 g/mol. The molecule has 2 bridgehead atoms. The summed E-state index contributed by atoms with van der Waals surface area (Å²) in [4.78, 5) is 26.6. The standard InChI is InChI=1S/C20H24N2O3/c1-19(2)8-16-9-20(3,12-19)13-22(16)17(23)11-25-18(24)15-6-4-14(10-21)5-7-15/h4-7,16H,8-9,11-13H2,1-3H3/t16-,20-/m0/s1. The molecule has 1 aromatic carbocycles. The molecule has 1 saturated carbocycles. The lowest BCUT2D eigenvalue weighted by Gasteiger charge is -2.39. The molecule has 1 heterocycles. The van der Waals surface area contributed by atoms with Crippen LogP contribution in [-0.4, -0.2) is 36.0 Å². The Hall–Kier alpha value is -2.35. The maximum absolute atomic E-state index is 12.6. The number of hydrogen-bond acceptors (Lipinski definition) is 4. The first-order valence-electron chi connectivity index (χ1n) is 8.68. The van der Waals surface area contributed by atoms with Crippen molar-refractivity contribution in [1.29, 1.82) is 5.26 Å². The smallest absolute Gasteiger partial charge is 0.338 e. The van der Waals surface area contributed by atoms with Crippen LogP contribution in [0.3, 0.4) is 0 Å². The predicted octanol–water partition coefficient (Wildman–Crippen LogP) is 3.14. The van der Waals surface area contributed by atoms with Crippen LogP contribution in [0.2, 0.25) is 0 Å². The molecule has 0 N–H and O–H groups in total. The molecule has 0 aromatic heterocycles. The number of hydrogen-bond donors (Lipinski definition) is 0. The maximum Gasteiger partial charge on any atom is 0.338 e. The fraction of sp³-hybridized carbons (Fsp3) is 0.550. The highest BCUT2D eigenvalue weighted by Gasteiger charge is 2.50. The number of nitrogens with zero attached hydrogens (tertiary/aromatic N) is 2. The fourth-order valence-electron chi connectivity index (χ4n) is 4.73. The molecular formula is C20H24N2O3. The van der Waals surface area contributed by atoms with E-state index >= 15 is 0 Å². The molecule has 1 aliphatic heterocycles. The second kappa shape index (κ2) is 6.18. The van der Waals surface area contributed by atoms with Crippen LogP contribution >= 0.6 is 0 Å². The highest BCUT2D eigenvalue weighted by molar-refractivity contribution is 5.91. The molecule has 0 spiro atoms. The predicted molar refractivity (Wildman–Crippen MR) is 92.7 cm³/mol. The molecule has 2 fully saturated rings. The van der Waals surface area contributed by atoms with Crippen LogP contribution in [0.1, 0.15) is 56.0 Å². The lowest BCUT2D eigenvalue weighted by atomic mass is 9.65. The normalized spacial score (nSPS) is 26.8. The highest BCUT2D eigenvalue weighted by atomic mass is 16.5. The van der Waals surface area contributed by atoms with E-state index in [0.29, 0.717) is 11.1 Å². The molecule has 3 rings (SSSR count). The van der Waals surface area contributed by atoms with Gasteiger partial charge in [0.05, 0.1) is 17.2 Å². The van der Waals surface area contributed by atoms with E-state index < -0.39 is 5.97 Å². The summed E-state index contributed by atoms with van der Waals surface area (Å²) in [7, 11) is 0. The van der Waals surface area contributed by atoms with Gasteiger partial charge in [0.2, 0.25) is 0 Å². The zero-order valence-corrected chi connectivity index (χ0v) is 15.0. The molecule has 2 atom stereocenters. The Labute approximate surface area is 148 Å². The van der Waals surface area contributed by atoms with E-state index in [1.807, 2.05) is 11.0 Å². The van der Waals surface area contributed by atoms with E-state index in [-0.39, 0.29) is 29.4 Å². The van der Waals surface area contributed by atoms with Crippen LogP contribution in [-0.2, 0) is 9.53 Å². The first-order chi connectivity index (χ1) is 11.7. The molecular weight excluding hydrogens is 316 g/mol. The molecule has 1 saturated heterocycles. The summed E-state index contributed by atoms with van der Waals surface area (Å²) < 4.78 is 5.20. The van der Waals surface area contributed by atoms with Gasteiger partial charge in [0, 0.05) is 12.6 Å². The molecule has 2 aliphatic rings. The van der Waals surface area contributed by atoms with Gasteiger partial charge in [-0.2, -0.15) is 5.26 Å². The van der Waals surface area contributed by atoms with E-state index in [2.05, 4.69) is 20.8 Å². The van der Waals surface area contributed by atoms with Gasteiger partial charge in [0.1, 0.15) is 0 Å². The summed E-state index contributed by atoms with van der Waals surface area (Å²) in [6, 6.07) is 8.44. The third-order valence-corrected chi connectivity index (χ3v) is 5.31. The van der Waals surface area contributed by atoms with E-state index in [1.54, 1.807) is 12.1 Å². The number of ether oxygens (including phenoxy) is 1. The van der Waals surface area contributed by atoms with Crippen LogP contribution in [0.4, 0.5) is 0 Å². The van der Waals surface area contributed by atoms with E-state index in [9.17, 15) is 9.59 Å². The number of carbonyl (C=O) groups is 2. The van der Waals surface area contributed by atoms with Gasteiger partial charge in [-0.05, 0) is 54.4 Å². The van der Waals surface area contributed by atoms with E-state index in [0.717, 1.165) is 25.8 Å². The van der Waals surface area contributed by atoms with Crippen LogP contribution < -0.4 is 0 Å². The molecule has 5 nitrogen and oxygen atoms in total. The number of nitriles is 1. The summed E-state index contributed by atoms with van der Waals surface area (Å²) in [6.07, 6.45) is 3.15. The summed E-state index contributed by atoms with van der Waals surface area (Å²) in [6.45, 7) is 7.28. The zero-order chi connectivity index (χ0) is 18.2. The molecule has 25 heavy (non-hydrogen) atoms.